The van der Waals surface area contributed by atoms with Crippen molar-refractivity contribution in [1.29, 1.82) is 0 Å². The van der Waals surface area contributed by atoms with Gasteiger partial charge in [-0.3, -0.25) is 9.59 Å². The van der Waals surface area contributed by atoms with Gasteiger partial charge in [-0.15, -0.1) is 0 Å². The molecule has 0 aromatic heterocycles. The van der Waals surface area contributed by atoms with E-state index in [1.165, 1.54) is 7.11 Å². The summed E-state index contributed by atoms with van der Waals surface area (Å²) in [5, 5.41) is 2.91. The zero-order chi connectivity index (χ0) is 16.8. The quantitative estimate of drug-likeness (QED) is 0.821. The van der Waals surface area contributed by atoms with Gasteiger partial charge in [-0.1, -0.05) is 32.9 Å². The molecule has 0 saturated heterocycles. The molecule has 1 N–H and O–H groups in total. The Morgan fingerprint density at radius 1 is 1.14 bits per heavy atom. The zero-order valence-electron chi connectivity index (χ0n) is 13.9. The minimum atomic E-state index is -0.409. The third-order valence-electron chi connectivity index (χ3n) is 3.14. The molecule has 0 aliphatic carbocycles. The predicted molar refractivity (Wildman–Crippen MR) is 84.6 cm³/mol. The third kappa shape index (κ3) is 6.16. The van der Waals surface area contributed by atoms with Gasteiger partial charge in [0.1, 0.15) is 5.75 Å². The second kappa shape index (κ2) is 7.82. The second-order valence-corrected chi connectivity index (χ2v) is 6.41. The van der Waals surface area contributed by atoms with Gasteiger partial charge in [0, 0.05) is 6.42 Å². The number of amides is 1. The van der Waals surface area contributed by atoms with Gasteiger partial charge < -0.3 is 14.8 Å². The first-order chi connectivity index (χ1) is 10.2. The molecule has 0 saturated carbocycles. The Kier molecular flexibility index (Phi) is 6.40. The molecule has 0 spiro atoms. The van der Waals surface area contributed by atoms with Gasteiger partial charge in [-0.25, -0.2) is 0 Å². The van der Waals surface area contributed by atoms with Gasteiger partial charge >= 0.3 is 5.97 Å². The number of benzene rings is 1. The minimum Gasteiger partial charge on any atom is -0.497 e. The van der Waals surface area contributed by atoms with E-state index in [0.717, 1.165) is 11.3 Å². The van der Waals surface area contributed by atoms with Gasteiger partial charge in [-0.05, 0) is 23.1 Å². The van der Waals surface area contributed by atoms with Crippen molar-refractivity contribution in [3.05, 3.63) is 29.8 Å². The van der Waals surface area contributed by atoms with Crippen LogP contribution in [-0.4, -0.2) is 26.1 Å². The van der Waals surface area contributed by atoms with Crippen LogP contribution < -0.4 is 10.1 Å². The monoisotopic (exact) mass is 307 g/mol. The molecule has 0 fully saturated rings. The van der Waals surface area contributed by atoms with E-state index in [1.807, 2.05) is 32.9 Å². The Morgan fingerprint density at radius 2 is 1.73 bits per heavy atom. The van der Waals surface area contributed by atoms with Gasteiger partial charge in [0.25, 0.3) is 0 Å². The molecular weight excluding hydrogens is 282 g/mol. The lowest BCUT2D eigenvalue weighted by atomic mass is 9.91. The van der Waals surface area contributed by atoms with E-state index in [-0.39, 0.29) is 23.7 Å². The summed E-state index contributed by atoms with van der Waals surface area (Å²) in [6.45, 7) is 5.99. The van der Waals surface area contributed by atoms with Crippen LogP contribution in [0.15, 0.2) is 24.3 Å². The summed E-state index contributed by atoms with van der Waals surface area (Å²) in [4.78, 5) is 23.7. The van der Waals surface area contributed by atoms with Crippen molar-refractivity contribution in [2.24, 2.45) is 5.41 Å². The van der Waals surface area contributed by atoms with Gasteiger partial charge in [-0.2, -0.15) is 0 Å². The summed E-state index contributed by atoms with van der Waals surface area (Å²) in [5.74, 6) is 0.274. The van der Waals surface area contributed by atoms with Crippen LogP contribution in [-0.2, 0) is 14.3 Å². The van der Waals surface area contributed by atoms with Crippen LogP contribution in [0.1, 0.15) is 45.2 Å². The molecule has 1 aromatic carbocycles. The average Bonchev–Trinajstić information content (AvgIpc) is 2.44. The molecule has 0 aliphatic heterocycles. The number of ether oxygens (including phenoxy) is 2. The summed E-state index contributed by atoms with van der Waals surface area (Å²) in [5.41, 5.74) is 0.730. The topological polar surface area (TPSA) is 64.6 Å². The van der Waals surface area contributed by atoms with E-state index in [2.05, 4.69) is 5.32 Å². The van der Waals surface area contributed by atoms with Crippen LogP contribution in [0.2, 0.25) is 0 Å². The fourth-order valence-electron chi connectivity index (χ4n) is 2.07. The summed E-state index contributed by atoms with van der Waals surface area (Å²) in [6, 6.07) is 6.87. The average molecular weight is 307 g/mol. The maximum absolute atomic E-state index is 12.1. The first-order valence-electron chi connectivity index (χ1n) is 7.25. The molecule has 1 aromatic rings. The van der Waals surface area contributed by atoms with E-state index in [1.54, 1.807) is 19.2 Å². The number of carbonyl (C=O) groups excluding carboxylic acids is 2. The fraction of sp³-hybridized carbons (Fsp3) is 0.529. The van der Waals surface area contributed by atoms with E-state index in [0.29, 0.717) is 6.42 Å². The molecule has 0 radical (unpaired) electrons. The molecule has 1 rings (SSSR count). The molecule has 5 heteroatoms. The number of rotatable bonds is 6. The van der Waals surface area contributed by atoms with Gasteiger partial charge in [0.2, 0.25) is 5.91 Å². The maximum Gasteiger partial charge on any atom is 0.307 e. The fourth-order valence-corrected chi connectivity index (χ4v) is 2.07. The smallest absolute Gasteiger partial charge is 0.307 e. The van der Waals surface area contributed by atoms with Crippen molar-refractivity contribution in [2.45, 2.75) is 39.7 Å². The van der Waals surface area contributed by atoms with Crippen molar-refractivity contribution in [2.75, 3.05) is 14.2 Å². The summed E-state index contributed by atoms with van der Waals surface area (Å²) in [7, 11) is 2.93. The highest BCUT2D eigenvalue weighted by Crippen LogP contribution is 2.23. The Morgan fingerprint density at radius 3 is 2.18 bits per heavy atom. The molecule has 22 heavy (non-hydrogen) atoms. The lowest BCUT2D eigenvalue weighted by molar-refractivity contribution is -0.141. The molecule has 1 amide bonds. The number of nitrogens with one attached hydrogen (secondary N) is 1. The van der Waals surface area contributed by atoms with Gasteiger partial charge in [0.05, 0.1) is 26.7 Å². The predicted octanol–water partition coefficient (Wildman–Crippen LogP) is 2.85. The molecule has 1 unspecified atom stereocenters. The number of hydrogen-bond acceptors (Lipinski definition) is 4. The van der Waals surface area contributed by atoms with Crippen molar-refractivity contribution in [3.63, 3.8) is 0 Å². The van der Waals surface area contributed by atoms with E-state index in [9.17, 15) is 9.59 Å². The lowest BCUT2D eigenvalue weighted by Crippen LogP contribution is -2.32. The molecule has 0 heterocycles. The molecule has 1 atom stereocenters. The number of esters is 1. The number of methoxy groups -OCH3 is 2. The Labute approximate surface area is 132 Å². The van der Waals surface area contributed by atoms with Crippen LogP contribution in [0.3, 0.4) is 0 Å². The Balaban J connectivity index is 2.87. The molecule has 122 valence electrons. The van der Waals surface area contributed by atoms with Crippen molar-refractivity contribution < 1.29 is 19.1 Å². The molecular formula is C17H25NO4. The lowest BCUT2D eigenvalue weighted by Gasteiger charge is -2.22. The summed E-state index contributed by atoms with van der Waals surface area (Å²) >= 11 is 0. The molecule has 0 bridgehead atoms. The normalized spacial score (nSPS) is 12.4. The van der Waals surface area contributed by atoms with E-state index >= 15 is 0 Å². The number of carbonyl (C=O) groups is 2. The summed E-state index contributed by atoms with van der Waals surface area (Å²) in [6.07, 6.45) is 0.486. The highest BCUT2D eigenvalue weighted by molar-refractivity contribution is 5.78. The first kappa shape index (κ1) is 18.0. The van der Waals surface area contributed by atoms with Crippen molar-refractivity contribution >= 4 is 11.9 Å². The molecule has 0 aliphatic rings. The summed E-state index contributed by atoms with van der Waals surface area (Å²) < 4.78 is 9.83. The third-order valence-corrected chi connectivity index (χ3v) is 3.14. The van der Waals surface area contributed by atoms with Crippen LogP contribution in [0.25, 0.3) is 0 Å². The highest BCUT2D eigenvalue weighted by Gasteiger charge is 2.22. The largest absolute Gasteiger partial charge is 0.497 e. The van der Waals surface area contributed by atoms with Crippen LogP contribution in [0.4, 0.5) is 0 Å². The van der Waals surface area contributed by atoms with Crippen LogP contribution in [0, 0.1) is 5.41 Å². The first-order valence-corrected chi connectivity index (χ1v) is 7.25. The number of hydrogen-bond donors (Lipinski definition) is 1. The van der Waals surface area contributed by atoms with E-state index in [4.69, 9.17) is 9.47 Å². The Hall–Kier alpha value is -2.04. The van der Waals surface area contributed by atoms with Gasteiger partial charge in [0.15, 0.2) is 0 Å². The maximum atomic E-state index is 12.1. The minimum absolute atomic E-state index is 0.0859. The van der Waals surface area contributed by atoms with Crippen molar-refractivity contribution in [3.8, 4) is 5.75 Å². The van der Waals surface area contributed by atoms with E-state index < -0.39 is 6.04 Å². The molecule has 5 nitrogen and oxygen atoms in total. The SMILES string of the molecule is COC(=O)CC(NC(=O)CC(C)(C)C)c1ccc(OC)cc1. The standard InChI is InChI=1S/C17H25NO4/c1-17(2,3)11-15(19)18-14(10-16(20)22-5)12-6-8-13(21-4)9-7-12/h6-9,14H,10-11H2,1-5H3,(H,18,19). The Bertz CT molecular complexity index is 502. The van der Waals surface area contributed by atoms with Crippen molar-refractivity contribution in [1.82, 2.24) is 5.32 Å². The highest BCUT2D eigenvalue weighted by atomic mass is 16.5. The second-order valence-electron chi connectivity index (χ2n) is 6.41. The van der Waals surface area contributed by atoms with Crippen LogP contribution in [0.5, 0.6) is 5.75 Å². The zero-order valence-corrected chi connectivity index (χ0v) is 13.9. The van der Waals surface area contributed by atoms with Crippen LogP contribution >= 0.6 is 0 Å².